The minimum Gasteiger partial charge on any atom is -0.388 e. The predicted octanol–water partition coefficient (Wildman–Crippen LogP) is 2.84. The third kappa shape index (κ3) is 4.34. The molecule has 0 aromatic carbocycles. The summed E-state index contributed by atoms with van der Waals surface area (Å²) in [6, 6.07) is 4.12. The first-order valence-corrected chi connectivity index (χ1v) is 3.91. The second kappa shape index (κ2) is 6.98. The summed E-state index contributed by atoms with van der Waals surface area (Å²) < 4.78 is 0. The Morgan fingerprint density at radius 3 is 2.38 bits per heavy atom. The van der Waals surface area contributed by atoms with Crippen molar-refractivity contribution in [3.05, 3.63) is 23.5 Å². The van der Waals surface area contributed by atoms with Gasteiger partial charge in [-0.1, -0.05) is 6.92 Å². The maximum absolute atomic E-state index is 4.36. The number of halogens is 2. The number of aromatic nitrogens is 1. The molecule has 0 aliphatic heterocycles. The topological polar surface area (TPSA) is 24.9 Å². The van der Waals surface area contributed by atoms with E-state index in [0.717, 1.165) is 23.5 Å². The molecule has 1 heterocycles. The number of hydrogen-bond donors (Lipinski definition) is 1. The first kappa shape index (κ1) is 15.0. The van der Waals surface area contributed by atoms with E-state index in [1.54, 1.807) is 0 Å². The molecule has 0 spiro atoms. The summed E-state index contributed by atoms with van der Waals surface area (Å²) in [5, 5.41) is 3.10. The van der Waals surface area contributed by atoms with Crippen LogP contribution < -0.4 is 5.32 Å². The van der Waals surface area contributed by atoms with Gasteiger partial charge in [0.2, 0.25) is 0 Å². The van der Waals surface area contributed by atoms with Crippen LogP contribution in [0.25, 0.3) is 0 Å². The third-order valence-corrected chi connectivity index (χ3v) is 1.66. The smallest absolute Gasteiger partial charge is 0.0424 e. The molecule has 1 rings (SSSR count). The largest absolute Gasteiger partial charge is 0.388 e. The molecule has 2 nitrogen and oxygen atoms in total. The van der Waals surface area contributed by atoms with Gasteiger partial charge in [-0.25, -0.2) is 0 Å². The van der Waals surface area contributed by atoms with Gasteiger partial charge in [-0.05, 0) is 25.5 Å². The zero-order valence-electron chi connectivity index (χ0n) is 8.13. The molecule has 4 heteroatoms. The number of rotatable bonds is 2. The highest BCUT2D eigenvalue weighted by Crippen LogP contribution is 2.10. The molecule has 1 aromatic rings. The fraction of sp³-hybridized carbons (Fsp3) is 0.444. The fourth-order valence-electron chi connectivity index (χ4n) is 1.06. The maximum atomic E-state index is 4.36. The van der Waals surface area contributed by atoms with Crippen molar-refractivity contribution in [1.82, 2.24) is 4.98 Å². The van der Waals surface area contributed by atoms with E-state index in [4.69, 9.17) is 0 Å². The van der Waals surface area contributed by atoms with Crippen molar-refractivity contribution in [1.29, 1.82) is 0 Å². The Balaban J connectivity index is 0. The maximum Gasteiger partial charge on any atom is 0.0424 e. The van der Waals surface area contributed by atoms with Crippen molar-refractivity contribution in [3.8, 4) is 0 Å². The molecule has 13 heavy (non-hydrogen) atoms. The van der Waals surface area contributed by atoms with Crippen molar-refractivity contribution < 1.29 is 0 Å². The van der Waals surface area contributed by atoms with Crippen molar-refractivity contribution in [2.24, 2.45) is 0 Å². The number of hydrogen-bond acceptors (Lipinski definition) is 2. The summed E-state index contributed by atoms with van der Waals surface area (Å²) >= 11 is 0. The monoisotopic (exact) mass is 222 g/mol. The summed E-state index contributed by atoms with van der Waals surface area (Å²) in [7, 11) is 1.92. The Hall–Kier alpha value is -0.470. The van der Waals surface area contributed by atoms with Crippen molar-refractivity contribution >= 4 is 30.5 Å². The predicted molar refractivity (Wildman–Crippen MR) is 62.4 cm³/mol. The first-order valence-electron chi connectivity index (χ1n) is 3.91. The molecule has 0 aliphatic carbocycles. The van der Waals surface area contributed by atoms with E-state index in [1.165, 1.54) is 0 Å². The fourth-order valence-corrected chi connectivity index (χ4v) is 1.06. The lowest BCUT2D eigenvalue weighted by Gasteiger charge is -2.03. The lowest BCUT2D eigenvalue weighted by Crippen LogP contribution is -1.94. The van der Waals surface area contributed by atoms with Gasteiger partial charge >= 0.3 is 0 Å². The summed E-state index contributed by atoms with van der Waals surface area (Å²) in [5.74, 6) is 0. The molecular weight excluding hydrogens is 207 g/mol. The Kier molecular flexibility index (Phi) is 8.07. The number of aryl methyl sites for hydroxylation is 2. The Labute approximate surface area is 92.0 Å². The molecule has 0 amide bonds. The Morgan fingerprint density at radius 2 is 1.92 bits per heavy atom. The molecule has 0 bridgehead atoms. The van der Waals surface area contributed by atoms with E-state index in [0.29, 0.717) is 0 Å². The molecule has 0 saturated carbocycles. The van der Waals surface area contributed by atoms with Crippen LogP contribution in [0.1, 0.15) is 18.3 Å². The average Bonchev–Trinajstić information content (AvgIpc) is 2.03. The summed E-state index contributed by atoms with van der Waals surface area (Å²) in [6.07, 6.45) is 0.996. The van der Waals surface area contributed by atoms with Gasteiger partial charge in [0.15, 0.2) is 0 Å². The van der Waals surface area contributed by atoms with Gasteiger partial charge in [-0.2, -0.15) is 0 Å². The van der Waals surface area contributed by atoms with E-state index in [2.05, 4.69) is 23.3 Å². The Morgan fingerprint density at radius 1 is 1.31 bits per heavy atom. The highest BCUT2D eigenvalue weighted by molar-refractivity contribution is 5.85. The van der Waals surface area contributed by atoms with Gasteiger partial charge < -0.3 is 5.32 Å². The van der Waals surface area contributed by atoms with Crippen LogP contribution in [0.3, 0.4) is 0 Å². The van der Waals surface area contributed by atoms with Crippen LogP contribution in [0.4, 0.5) is 5.69 Å². The summed E-state index contributed by atoms with van der Waals surface area (Å²) in [5.41, 5.74) is 3.37. The lowest BCUT2D eigenvalue weighted by atomic mass is 10.2. The van der Waals surface area contributed by atoms with E-state index in [9.17, 15) is 0 Å². The van der Waals surface area contributed by atoms with Gasteiger partial charge in [0.05, 0.1) is 0 Å². The normalized spacial score (nSPS) is 8.23. The van der Waals surface area contributed by atoms with Gasteiger partial charge in [0.25, 0.3) is 0 Å². The van der Waals surface area contributed by atoms with Crippen LogP contribution >= 0.6 is 24.8 Å². The zero-order valence-corrected chi connectivity index (χ0v) is 9.76. The van der Waals surface area contributed by atoms with Crippen LogP contribution in [0.15, 0.2) is 12.1 Å². The average molecular weight is 223 g/mol. The van der Waals surface area contributed by atoms with Crippen molar-refractivity contribution in [2.75, 3.05) is 12.4 Å². The SMILES string of the molecule is CCc1cc(NC)cc(C)n1.Cl.Cl. The van der Waals surface area contributed by atoms with Crippen LogP contribution in [-0.4, -0.2) is 12.0 Å². The molecule has 0 saturated heterocycles. The molecular formula is C9H16Cl2N2. The second-order valence-electron chi connectivity index (χ2n) is 2.59. The highest BCUT2D eigenvalue weighted by Gasteiger charge is 1.95. The van der Waals surface area contributed by atoms with Crippen LogP contribution in [0.5, 0.6) is 0 Å². The minimum absolute atomic E-state index is 0. The van der Waals surface area contributed by atoms with E-state index < -0.39 is 0 Å². The number of nitrogens with zero attached hydrogens (tertiary/aromatic N) is 1. The molecule has 0 unspecified atom stereocenters. The number of anilines is 1. The lowest BCUT2D eigenvalue weighted by molar-refractivity contribution is 1.01. The van der Waals surface area contributed by atoms with E-state index in [-0.39, 0.29) is 24.8 Å². The number of nitrogens with one attached hydrogen (secondary N) is 1. The molecule has 0 fully saturated rings. The van der Waals surface area contributed by atoms with E-state index in [1.807, 2.05) is 20.0 Å². The first-order chi connectivity index (χ1) is 5.26. The second-order valence-corrected chi connectivity index (χ2v) is 2.59. The number of pyridine rings is 1. The quantitative estimate of drug-likeness (QED) is 0.833. The van der Waals surface area contributed by atoms with Gasteiger partial charge in [0, 0.05) is 24.1 Å². The molecule has 0 aliphatic rings. The van der Waals surface area contributed by atoms with Crippen molar-refractivity contribution in [2.45, 2.75) is 20.3 Å². The molecule has 1 aromatic heterocycles. The van der Waals surface area contributed by atoms with Crippen LogP contribution in [-0.2, 0) is 6.42 Å². The zero-order chi connectivity index (χ0) is 8.27. The van der Waals surface area contributed by atoms with Crippen LogP contribution in [0, 0.1) is 6.92 Å². The summed E-state index contributed by atoms with van der Waals surface area (Å²) in [6.45, 7) is 4.13. The van der Waals surface area contributed by atoms with E-state index >= 15 is 0 Å². The standard InChI is InChI=1S/C9H14N2.2ClH/c1-4-8-6-9(10-3)5-7(2)11-8;;/h5-6H,4H2,1-3H3,(H,10,11);2*1H. The molecule has 76 valence electrons. The molecule has 0 radical (unpaired) electrons. The third-order valence-electron chi connectivity index (χ3n) is 1.66. The van der Waals surface area contributed by atoms with Crippen LogP contribution in [0.2, 0.25) is 0 Å². The van der Waals surface area contributed by atoms with Crippen molar-refractivity contribution in [3.63, 3.8) is 0 Å². The van der Waals surface area contributed by atoms with Gasteiger partial charge in [-0.15, -0.1) is 24.8 Å². The molecule has 0 atom stereocenters. The highest BCUT2D eigenvalue weighted by atomic mass is 35.5. The Bertz CT molecular complexity index is 229. The molecule has 1 N–H and O–H groups in total. The summed E-state index contributed by atoms with van der Waals surface area (Å²) in [4.78, 5) is 4.36. The van der Waals surface area contributed by atoms with Gasteiger partial charge in [0.1, 0.15) is 0 Å². The minimum atomic E-state index is 0. The van der Waals surface area contributed by atoms with Gasteiger partial charge in [-0.3, -0.25) is 4.98 Å².